The van der Waals surface area contributed by atoms with E-state index in [1.165, 1.54) is 5.56 Å². The van der Waals surface area contributed by atoms with Crippen LogP contribution in [-0.4, -0.2) is 46.5 Å². The minimum atomic E-state index is 0. The lowest BCUT2D eigenvalue weighted by molar-refractivity contribution is -0.379. The lowest BCUT2D eigenvalue weighted by atomic mass is 10.1. The number of hydrogen-bond donors (Lipinski definition) is 1. The van der Waals surface area contributed by atoms with Gasteiger partial charge in [-0.05, 0) is 37.6 Å². The van der Waals surface area contributed by atoms with Crippen LogP contribution in [0.3, 0.4) is 0 Å². The first-order chi connectivity index (χ1) is 12.0. The summed E-state index contributed by atoms with van der Waals surface area (Å²) in [4.78, 5) is 20.9. The number of rotatable bonds is 4. The molecule has 0 spiro atoms. The molecule has 2 N–H and O–H groups in total. The maximum atomic E-state index is 10.8. The van der Waals surface area contributed by atoms with E-state index in [1.807, 2.05) is 30.3 Å². The van der Waals surface area contributed by atoms with E-state index in [0.29, 0.717) is 12.1 Å². The largest absolute Gasteiger partial charge is 0.870 e. The Morgan fingerprint density at radius 1 is 1.15 bits per heavy atom. The third kappa shape index (κ3) is 4.83. The van der Waals surface area contributed by atoms with Crippen molar-refractivity contribution in [2.75, 3.05) is 31.1 Å². The third-order valence-corrected chi connectivity index (χ3v) is 4.85. The molecule has 0 unspecified atom stereocenters. The molecule has 6 nitrogen and oxygen atoms in total. The Balaban J connectivity index is 0.00000243. The number of pyridine rings is 1. The topological polar surface area (TPSA) is 80.4 Å². The zero-order valence-corrected chi connectivity index (χ0v) is 15.9. The van der Waals surface area contributed by atoms with Crippen LogP contribution in [0.15, 0.2) is 36.4 Å². The van der Waals surface area contributed by atoms with Crippen LogP contribution in [0.1, 0.15) is 17.0 Å². The van der Waals surface area contributed by atoms with Crippen LogP contribution in [0.25, 0.3) is 0 Å². The van der Waals surface area contributed by atoms with Gasteiger partial charge in [0.25, 0.3) is 5.69 Å². The molecule has 1 saturated heterocycles. The Bertz CT molecular complexity index is 769. The number of anilines is 1. The number of benzene rings is 1. The van der Waals surface area contributed by atoms with Crippen LogP contribution < -0.4 is 10.1 Å². The summed E-state index contributed by atoms with van der Waals surface area (Å²) in [6, 6.07) is 11.8. The molecule has 2 aromatic rings. The van der Waals surface area contributed by atoms with Gasteiger partial charge in [-0.1, -0.05) is 18.3 Å². The van der Waals surface area contributed by atoms with Crippen LogP contribution in [0, 0.1) is 18.8 Å². The van der Waals surface area contributed by atoms with E-state index in [-0.39, 0.29) is 5.48 Å². The SMILES string of the molecule is Cc1cc(C)nc(CC(=S)N2CCN(c3cccc([NH+]=O)c3)CC2)c1.[OH-]. The predicted octanol–water partition coefficient (Wildman–Crippen LogP) is 1.69. The maximum absolute atomic E-state index is 10.8. The Morgan fingerprint density at radius 2 is 1.88 bits per heavy atom. The summed E-state index contributed by atoms with van der Waals surface area (Å²) in [5.74, 6) is 0. The van der Waals surface area contributed by atoms with Crippen LogP contribution in [-0.2, 0) is 6.42 Å². The highest BCUT2D eigenvalue weighted by Gasteiger charge is 2.20. The van der Waals surface area contributed by atoms with Crippen molar-refractivity contribution in [3.8, 4) is 0 Å². The van der Waals surface area contributed by atoms with E-state index >= 15 is 0 Å². The van der Waals surface area contributed by atoms with Crippen molar-refractivity contribution < 1.29 is 10.7 Å². The van der Waals surface area contributed by atoms with Crippen molar-refractivity contribution in [3.05, 3.63) is 58.3 Å². The second kappa shape index (κ2) is 8.82. The van der Waals surface area contributed by atoms with Crippen molar-refractivity contribution in [2.24, 2.45) is 0 Å². The number of nitroso groups, excluding NO2 is 1. The predicted molar refractivity (Wildman–Crippen MR) is 106 cm³/mol. The van der Waals surface area contributed by atoms with Gasteiger partial charge < -0.3 is 15.3 Å². The molecule has 138 valence electrons. The quantitative estimate of drug-likeness (QED) is 0.823. The van der Waals surface area contributed by atoms with Gasteiger partial charge in [-0.15, -0.1) is 0 Å². The molecule has 1 aliphatic rings. The van der Waals surface area contributed by atoms with Gasteiger partial charge >= 0.3 is 0 Å². The highest BCUT2D eigenvalue weighted by Crippen LogP contribution is 2.19. The van der Waals surface area contributed by atoms with Crippen LogP contribution in [0.4, 0.5) is 11.4 Å². The molecular weight excluding hydrogens is 348 g/mol. The molecule has 1 fully saturated rings. The first-order valence-corrected chi connectivity index (χ1v) is 8.91. The molecule has 1 aromatic carbocycles. The molecule has 0 atom stereocenters. The van der Waals surface area contributed by atoms with Crippen LogP contribution in [0.5, 0.6) is 0 Å². The maximum Gasteiger partial charge on any atom is 0.255 e. The van der Waals surface area contributed by atoms with Gasteiger partial charge in [0.2, 0.25) is 0 Å². The van der Waals surface area contributed by atoms with E-state index in [9.17, 15) is 4.91 Å². The summed E-state index contributed by atoms with van der Waals surface area (Å²) in [5.41, 5.74) is 4.97. The average Bonchev–Trinajstić information content (AvgIpc) is 2.61. The van der Waals surface area contributed by atoms with Gasteiger partial charge in [-0.2, -0.15) is 0 Å². The fourth-order valence-corrected chi connectivity index (χ4v) is 3.59. The van der Waals surface area contributed by atoms with Crippen LogP contribution in [0.2, 0.25) is 0 Å². The summed E-state index contributed by atoms with van der Waals surface area (Å²) < 4.78 is 0. The van der Waals surface area contributed by atoms with Gasteiger partial charge in [-0.25, -0.2) is 0 Å². The zero-order valence-electron chi connectivity index (χ0n) is 15.1. The monoisotopic (exact) mass is 372 g/mol. The van der Waals surface area contributed by atoms with E-state index in [2.05, 4.69) is 33.8 Å². The average molecular weight is 372 g/mol. The van der Waals surface area contributed by atoms with Gasteiger partial charge in [0.05, 0.1) is 4.99 Å². The van der Waals surface area contributed by atoms with Gasteiger partial charge in [0.15, 0.2) is 0 Å². The molecule has 2 heterocycles. The van der Waals surface area contributed by atoms with E-state index in [4.69, 9.17) is 12.2 Å². The number of thiocarbonyl (C=S) groups is 1. The molecular formula is C19H24N4O2S. The van der Waals surface area contributed by atoms with Gasteiger partial charge in [0.1, 0.15) is 0 Å². The second-order valence-electron chi connectivity index (χ2n) is 6.47. The van der Waals surface area contributed by atoms with E-state index < -0.39 is 0 Å². The number of hydrogen-bond acceptors (Lipinski definition) is 5. The van der Waals surface area contributed by atoms with E-state index in [1.54, 1.807) is 6.07 Å². The number of aryl methyl sites for hydroxylation is 2. The lowest BCUT2D eigenvalue weighted by Gasteiger charge is -2.37. The molecule has 0 amide bonds. The summed E-state index contributed by atoms with van der Waals surface area (Å²) in [7, 11) is 0. The summed E-state index contributed by atoms with van der Waals surface area (Å²) >= 11 is 5.65. The normalized spacial score (nSPS) is 13.9. The fraction of sp³-hybridized carbons (Fsp3) is 0.368. The molecule has 1 aromatic heterocycles. The summed E-state index contributed by atoms with van der Waals surface area (Å²) in [6.07, 6.45) is 0.716. The number of piperazine rings is 1. The Kier molecular flexibility index (Phi) is 6.76. The smallest absolute Gasteiger partial charge is 0.255 e. The van der Waals surface area contributed by atoms with Crippen molar-refractivity contribution >= 4 is 28.6 Å². The molecule has 7 heteroatoms. The highest BCUT2D eigenvalue weighted by atomic mass is 32.1. The number of nitrogens with zero attached hydrogens (tertiary/aromatic N) is 3. The van der Waals surface area contributed by atoms with Gasteiger partial charge in [-0.3, -0.25) is 4.98 Å². The molecule has 3 rings (SSSR count). The Labute approximate surface area is 159 Å². The second-order valence-corrected chi connectivity index (χ2v) is 6.95. The van der Waals surface area contributed by atoms with Gasteiger partial charge in [0, 0.05) is 71.9 Å². The number of nitrogens with one attached hydrogen (secondary N) is 1. The lowest BCUT2D eigenvalue weighted by Crippen LogP contribution is -2.55. The molecule has 0 bridgehead atoms. The van der Waals surface area contributed by atoms with Crippen LogP contribution >= 0.6 is 12.2 Å². The first kappa shape index (κ1) is 19.9. The van der Waals surface area contributed by atoms with Crippen molar-refractivity contribution in [1.82, 2.24) is 9.88 Å². The highest BCUT2D eigenvalue weighted by molar-refractivity contribution is 7.80. The molecule has 0 aliphatic carbocycles. The fourth-order valence-electron chi connectivity index (χ4n) is 3.26. The summed E-state index contributed by atoms with van der Waals surface area (Å²) in [6.45, 7) is 7.66. The zero-order chi connectivity index (χ0) is 17.8. The number of aromatic nitrogens is 1. The van der Waals surface area contributed by atoms with Crippen molar-refractivity contribution in [1.29, 1.82) is 0 Å². The molecule has 0 radical (unpaired) electrons. The minimum Gasteiger partial charge on any atom is -0.870 e. The molecule has 26 heavy (non-hydrogen) atoms. The standard InChI is InChI=1S/C19H22N4OS.H2O/c1-14-10-15(2)20-17(11-14)13-19(25)23-8-6-22(7-9-23)18-5-3-4-16(12-18)21-24;/h3-5,10-12H,6-9,13H2,1-2H3;1H2. The van der Waals surface area contributed by atoms with Crippen molar-refractivity contribution in [2.45, 2.75) is 20.3 Å². The van der Waals surface area contributed by atoms with Crippen molar-refractivity contribution in [3.63, 3.8) is 0 Å². The summed E-state index contributed by atoms with van der Waals surface area (Å²) in [5, 5.41) is 1.95. The first-order valence-electron chi connectivity index (χ1n) is 8.50. The van der Waals surface area contributed by atoms with E-state index in [0.717, 1.165) is 48.2 Å². The molecule has 1 aliphatic heterocycles. The third-order valence-electron chi connectivity index (χ3n) is 4.44. The Morgan fingerprint density at radius 3 is 2.54 bits per heavy atom. The Hall–Kier alpha value is -2.38. The molecule has 0 saturated carbocycles. The minimum absolute atomic E-state index is 0.